The van der Waals surface area contributed by atoms with Gasteiger partial charge in [-0.25, -0.2) is 4.39 Å². The summed E-state index contributed by atoms with van der Waals surface area (Å²) in [5.41, 5.74) is 6.46. The minimum absolute atomic E-state index is 0.286. The number of methoxy groups -OCH3 is 1. The van der Waals surface area contributed by atoms with E-state index in [4.69, 9.17) is 10.5 Å². The summed E-state index contributed by atoms with van der Waals surface area (Å²) in [6, 6.07) is 5.02. The first-order valence-electron chi connectivity index (χ1n) is 4.70. The zero-order valence-electron chi connectivity index (χ0n) is 8.59. The Morgan fingerprint density at radius 3 is 2.71 bits per heavy atom. The third kappa shape index (κ3) is 2.70. The highest BCUT2D eigenvalue weighted by Crippen LogP contribution is 2.19. The monoisotopic (exact) mass is 197 g/mol. The van der Waals surface area contributed by atoms with Crippen LogP contribution in [0.1, 0.15) is 12.5 Å². The molecule has 0 saturated carbocycles. The first-order valence-corrected chi connectivity index (χ1v) is 4.70. The van der Waals surface area contributed by atoms with Gasteiger partial charge in [0, 0.05) is 0 Å². The Bertz CT molecular complexity index is 301. The Labute approximate surface area is 83.9 Å². The van der Waals surface area contributed by atoms with Crippen LogP contribution in [0.4, 0.5) is 4.39 Å². The van der Waals surface area contributed by atoms with Gasteiger partial charge < -0.3 is 10.5 Å². The van der Waals surface area contributed by atoms with Gasteiger partial charge in [0.25, 0.3) is 0 Å². The predicted octanol–water partition coefficient (Wildman–Crippen LogP) is 1.97. The molecule has 0 radical (unpaired) electrons. The first kappa shape index (κ1) is 11.0. The second-order valence-corrected chi connectivity index (χ2v) is 3.51. The molecule has 0 saturated heterocycles. The Balaban J connectivity index is 2.76. The van der Waals surface area contributed by atoms with Crippen molar-refractivity contribution in [3.8, 4) is 5.75 Å². The van der Waals surface area contributed by atoms with Crippen molar-refractivity contribution in [2.24, 2.45) is 11.7 Å². The van der Waals surface area contributed by atoms with E-state index in [9.17, 15) is 4.39 Å². The van der Waals surface area contributed by atoms with Crippen LogP contribution in [-0.4, -0.2) is 13.7 Å². The molecule has 2 nitrogen and oxygen atoms in total. The molecule has 0 aliphatic heterocycles. The fourth-order valence-electron chi connectivity index (χ4n) is 1.32. The van der Waals surface area contributed by atoms with E-state index >= 15 is 0 Å². The molecular weight excluding hydrogens is 181 g/mol. The van der Waals surface area contributed by atoms with Crippen molar-refractivity contribution in [2.75, 3.05) is 13.7 Å². The van der Waals surface area contributed by atoms with E-state index in [-0.39, 0.29) is 11.6 Å². The van der Waals surface area contributed by atoms with Crippen LogP contribution in [0.15, 0.2) is 18.2 Å². The van der Waals surface area contributed by atoms with Crippen LogP contribution < -0.4 is 10.5 Å². The minimum atomic E-state index is -0.311. The quantitative estimate of drug-likeness (QED) is 0.801. The van der Waals surface area contributed by atoms with Crippen molar-refractivity contribution in [2.45, 2.75) is 13.3 Å². The normalized spacial score (nSPS) is 12.6. The lowest BCUT2D eigenvalue weighted by Crippen LogP contribution is -2.13. The van der Waals surface area contributed by atoms with Crippen molar-refractivity contribution >= 4 is 0 Å². The van der Waals surface area contributed by atoms with Gasteiger partial charge in [0.2, 0.25) is 0 Å². The van der Waals surface area contributed by atoms with Gasteiger partial charge in [-0.1, -0.05) is 13.0 Å². The lowest BCUT2D eigenvalue weighted by Gasteiger charge is -2.09. The Hall–Kier alpha value is -1.09. The summed E-state index contributed by atoms with van der Waals surface area (Å²) >= 11 is 0. The van der Waals surface area contributed by atoms with Crippen molar-refractivity contribution in [3.05, 3.63) is 29.6 Å². The number of hydrogen-bond acceptors (Lipinski definition) is 2. The predicted molar refractivity (Wildman–Crippen MR) is 54.9 cm³/mol. The highest BCUT2D eigenvalue weighted by atomic mass is 19.1. The lowest BCUT2D eigenvalue weighted by molar-refractivity contribution is 0.386. The van der Waals surface area contributed by atoms with Gasteiger partial charge in [-0.05, 0) is 36.6 Å². The number of nitrogens with two attached hydrogens (primary N) is 1. The van der Waals surface area contributed by atoms with Gasteiger partial charge in [-0.3, -0.25) is 0 Å². The van der Waals surface area contributed by atoms with Gasteiger partial charge >= 0.3 is 0 Å². The molecule has 1 aromatic carbocycles. The maximum absolute atomic E-state index is 13.2. The molecule has 0 amide bonds. The molecule has 0 bridgehead atoms. The lowest BCUT2D eigenvalue weighted by atomic mass is 10.0. The molecule has 0 aromatic heterocycles. The molecule has 1 atom stereocenters. The van der Waals surface area contributed by atoms with E-state index in [0.717, 1.165) is 12.0 Å². The summed E-state index contributed by atoms with van der Waals surface area (Å²) < 4.78 is 18.1. The zero-order valence-corrected chi connectivity index (χ0v) is 8.59. The van der Waals surface area contributed by atoms with Crippen molar-refractivity contribution in [3.63, 3.8) is 0 Å². The van der Waals surface area contributed by atoms with Crippen LogP contribution in [0.25, 0.3) is 0 Å². The average Bonchev–Trinajstić information content (AvgIpc) is 2.18. The molecule has 78 valence electrons. The van der Waals surface area contributed by atoms with Crippen LogP contribution in [0, 0.1) is 11.7 Å². The number of halogens is 1. The molecule has 0 spiro atoms. The maximum Gasteiger partial charge on any atom is 0.165 e. The molecular formula is C11H16FNO. The average molecular weight is 197 g/mol. The highest BCUT2D eigenvalue weighted by molar-refractivity contribution is 5.29. The molecule has 2 N–H and O–H groups in total. The Morgan fingerprint density at radius 2 is 2.21 bits per heavy atom. The summed E-state index contributed by atoms with van der Waals surface area (Å²) in [6.07, 6.45) is 0.803. The molecule has 1 aromatic rings. The molecule has 14 heavy (non-hydrogen) atoms. The van der Waals surface area contributed by atoms with Crippen molar-refractivity contribution < 1.29 is 9.13 Å². The molecule has 0 fully saturated rings. The second-order valence-electron chi connectivity index (χ2n) is 3.51. The zero-order chi connectivity index (χ0) is 10.6. The molecule has 0 heterocycles. The van der Waals surface area contributed by atoms with Crippen LogP contribution in [0.3, 0.4) is 0 Å². The standard InChI is InChI=1S/C11H16FNO/c1-8(7-13)5-9-3-4-11(14-2)10(12)6-9/h3-4,6,8H,5,7,13H2,1-2H3/t8-/m1/s1. The summed E-state index contributed by atoms with van der Waals surface area (Å²) in [4.78, 5) is 0. The van der Waals surface area contributed by atoms with E-state index in [1.54, 1.807) is 6.07 Å². The second kappa shape index (κ2) is 4.96. The first-order chi connectivity index (χ1) is 6.67. The SMILES string of the molecule is COc1ccc(C[C@@H](C)CN)cc1F. The summed E-state index contributed by atoms with van der Waals surface area (Å²) in [7, 11) is 1.46. The number of benzene rings is 1. The van der Waals surface area contributed by atoms with Crippen LogP contribution in [-0.2, 0) is 6.42 Å². The van der Waals surface area contributed by atoms with Crippen LogP contribution >= 0.6 is 0 Å². The highest BCUT2D eigenvalue weighted by Gasteiger charge is 2.06. The topological polar surface area (TPSA) is 35.2 Å². The summed E-state index contributed by atoms with van der Waals surface area (Å²) in [6.45, 7) is 2.66. The molecule has 0 unspecified atom stereocenters. The van der Waals surface area contributed by atoms with Gasteiger partial charge in [-0.2, -0.15) is 0 Å². The van der Waals surface area contributed by atoms with E-state index in [1.165, 1.54) is 13.2 Å². The Kier molecular flexibility index (Phi) is 3.89. The van der Waals surface area contributed by atoms with E-state index < -0.39 is 0 Å². The number of rotatable bonds is 4. The third-order valence-corrected chi connectivity index (χ3v) is 2.20. The largest absolute Gasteiger partial charge is 0.494 e. The summed E-state index contributed by atoms with van der Waals surface area (Å²) in [5, 5.41) is 0. The molecule has 0 aliphatic carbocycles. The minimum Gasteiger partial charge on any atom is -0.494 e. The Morgan fingerprint density at radius 1 is 1.50 bits per heavy atom. The van der Waals surface area contributed by atoms with E-state index in [2.05, 4.69) is 0 Å². The van der Waals surface area contributed by atoms with Crippen molar-refractivity contribution in [1.82, 2.24) is 0 Å². The van der Waals surface area contributed by atoms with Gasteiger partial charge in [0.1, 0.15) is 0 Å². The molecule has 0 aliphatic rings. The van der Waals surface area contributed by atoms with Gasteiger partial charge in [0.15, 0.2) is 11.6 Å². The van der Waals surface area contributed by atoms with Crippen molar-refractivity contribution in [1.29, 1.82) is 0 Å². The fraction of sp³-hybridized carbons (Fsp3) is 0.455. The maximum atomic E-state index is 13.2. The summed E-state index contributed by atoms with van der Waals surface area (Å²) in [5.74, 6) is 0.353. The van der Waals surface area contributed by atoms with Crippen LogP contribution in [0.5, 0.6) is 5.75 Å². The van der Waals surface area contributed by atoms with Gasteiger partial charge in [0.05, 0.1) is 7.11 Å². The number of ether oxygens (including phenoxy) is 1. The van der Waals surface area contributed by atoms with E-state index in [1.807, 2.05) is 13.0 Å². The number of hydrogen-bond donors (Lipinski definition) is 1. The van der Waals surface area contributed by atoms with Crippen LogP contribution in [0.2, 0.25) is 0 Å². The van der Waals surface area contributed by atoms with E-state index in [0.29, 0.717) is 12.5 Å². The molecule has 1 rings (SSSR count). The smallest absolute Gasteiger partial charge is 0.165 e. The third-order valence-electron chi connectivity index (χ3n) is 2.20. The fourth-order valence-corrected chi connectivity index (χ4v) is 1.32. The molecule has 3 heteroatoms. The van der Waals surface area contributed by atoms with Gasteiger partial charge in [-0.15, -0.1) is 0 Å².